The predicted octanol–water partition coefficient (Wildman–Crippen LogP) is 4.63. The van der Waals surface area contributed by atoms with Crippen LogP contribution in [0.25, 0.3) is 16.8 Å². The molecule has 0 fully saturated rings. The molecule has 0 saturated heterocycles. The molecule has 6 heteroatoms. The van der Waals surface area contributed by atoms with Crippen LogP contribution in [0.2, 0.25) is 0 Å². The van der Waals surface area contributed by atoms with Crippen molar-refractivity contribution < 1.29 is 5.11 Å². The van der Waals surface area contributed by atoms with Gasteiger partial charge in [0.2, 0.25) is 0 Å². The first kappa shape index (κ1) is 15.1. The van der Waals surface area contributed by atoms with Gasteiger partial charge in [0.15, 0.2) is 0 Å². The number of nitrogens with one attached hydrogen (secondary N) is 1. The molecular formula is C18H15N3OS2. The van der Waals surface area contributed by atoms with Gasteiger partial charge in [0.1, 0.15) is 16.6 Å². The van der Waals surface area contributed by atoms with Gasteiger partial charge in [-0.25, -0.2) is 4.98 Å². The maximum atomic E-state index is 10.4. The van der Waals surface area contributed by atoms with Crippen LogP contribution in [-0.4, -0.2) is 27.4 Å². The summed E-state index contributed by atoms with van der Waals surface area (Å²) >= 11 is 3.13. The third-order valence-corrected chi connectivity index (χ3v) is 5.62. The Bertz CT molecular complexity index is 898. The fourth-order valence-corrected chi connectivity index (χ4v) is 4.33. The number of thiophene rings is 1. The molecule has 0 atom stereocenters. The van der Waals surface area contributed by atoms with Gasteiger partial charge in [-0.1, -0.05) is 36.4 Å². The van der Waals surface area contributed by atoms with Crippen molar-refractivity contribution in [3.63, 3.8) is 0 Å². The van der Waals surface area contributed by atoms with Crippen LogP contribution < -0.4 is 0 Å². The Hall–Kier alpha value is -2.44. The molecule has 0 unspecified atom stereocenters. The van der Waals surface area contributed by atoms with Crippen LogP contribution in [0.1, 0.15) is 9.88 Å². The molecular weight excluding hydrogens is 338 g/mol. The fourth-order valence-electron chi connectivity index (χ4n) is 2.71. The molecule has 1 aliphatic heterocycles. The second-order valence-electron chi connectivity index (χ2n) is 5.51. The first-order chi connectivity index (χ1) is 11.7. The van der Waals surface area contributed by atoms with Gasteiger partial charge in [0, 0.05) is 15.8 Å². The molecule has 24 heavy (non-hydrogen) atoms. The van der Waals surface area contributed by atoms with E-state index >= 15 is 0 Å². The average Bonchev–Trinajstić information content (AvgIpc) is 3.31. The zero-order valence-electron chi connectivity index (χ0n) is 12.8. The maximum absolute atomic E-state index is 10.4. The highest BCUT2D eigenvalue weighted by Crippen LogP contribution is 2.33. The van der Waals surface area contributed by atoms with Crippen LogP contribution in [0.3, 0.4) is 0 Å². The summed E-state index contributed by atoms with van der Waals surface area (Å²) in [6.45, 7) is 1.01. The van der Waals surface area contributed by atoms with Crippen LogP contribution in [-0.2, 0) is 6.54 Å². The van der Waals surface area contributed by atoms with Gasteiger partial charge < -0.3 is 10.0 Å². The molecule has 1 aliphatic rings. The number of rotatable bonds is 4. The SMILES string of the molecule is N=C1C(c2nc(-c3ccccc3)cs2)=C(O)CN1Cc1cccs1. The monoisotopic (exact) mass is 353 g/mol. The van der Waals surface area contributed by atoms with Crippen molar-refractivity contribution >= 4 is 34.1 Å². The lowest BCUT2D eigenvalue weighted by Gasteiger charge is -2.17. The number of thiazole rings is 1. The molecule has 0 spiro atoms. The van der Waals surface area contributed by atoms with Crippen molar-refractivity contribution in [1.29, 1.82) is 5.41 Å². The average molecular weight is 353 g/mol. The van der Waals surface area contributed by atoms with Gasteiger partial charge in [0.25, 0.3) is 0 Å². The van der Waals surface area contributed by atoms with E-state index in [4.69, 9.17) is 5.41 Å². The molecule has 2 aromatic heterocycles. The van der Waals surface area contributed by atoms with Crippen molar-refractivity contribution in [2.75, 3.05) is 6.54 Å². The van der Waals surface area contributed by atoms with Crippen LogP contribution >= 0.6 is 22.7 Å². The minimum absolute atomic E-state index is 0.227. The number of aliphatic hydroxyl groups is 1. The highest BCUT2D eigenvalue weighted by atomic mass is 32.1. The third-order valence-electron chi connectivity index (χ3n) is 3.90. The first-order valence-corrected chi connectivity index (χ1v) is 9.28. The molecule has 4 rings (SSSR count). The van der Waals surface area contributed by atoms with Crippen LogP contribution in [0.5, 0.6) is 0 Å². The highest BCUT2D eigenvalue weighted by Gasteiger charge is 2.30. The van der Waals surface area contributed by atoms with Gasteiger partial charge in [0.05, 0.1) is 24.4 Å². The van der Waals surface area contributed by atoms with Gasteiger partial charge in [-0.15, -0.1) is 22.7 Å². The van der Waals surface area contributed by atoms with Gasteiger partial charge >= 0.3 is 0 Å². The van der Waals surface area contributed by atoms with Gasteiger partial charge in [-0.2, -0.15) is 0 Å². The molecule has 120 valence electrons. The van der Waals surface area contributed by atoms with Crippen molar-refractivity contribution in [3.8, 4) is 11.3 Å². The lowest BCUT2D eigenvalue weighted by Crippen LogP contribution is -2.25. The summed E-state index contributed by atoms with van der Waals surface area (Å²) in [6, 6.07) is 14.0. The number of amidine groups is 1. The first-order valence-electron chi connectivity index (χ1n) is 7.52. The Balaban J connectivity index is 1.59. The van der Waals surface area contributed by atoms with E-state index in [-0.39, 0.29) is 5.76 Å². The Morgan fingerprint density at radius 3 is 2.71 bits per heavy atom. The molecule has 3 heterocycles. The molecule has 0 radical (unpaired) electrons. The van der Waals surface area contributed by atoms with E-state index in [1.54, 1.807) is 11.3 Å². The minimum atomic E-state index is 0.227. The fraction of sp³-hybridized carbons (Fsp3) is 0.111. The van der Waals surface area contributed by atoms with Crippen molar-refractivity contribution in [2.24, 2.45) is 0 Å². The van der Waals surface area contributed by atoms with E-state index in [1.807, 2.05) is 58.1 Å². The predicted molar refractivity (Wildman–Crippen MR) is 99.6 cm³/mol. The van der Waals surface area contributed by atoms with Crippen LogP contribution in [0, 0.1) is 5.41 Å². The van der Waals surface area contributed by atoms with Gasteiger partial charge in [-0.05, 0) is 11.4 Å². The lowest BCUT2D eigenvalue weighted by atomic mass is 10.2. The van der Waals surface area contributed by atoms with E-state index in [2.05, 4.69) is 4.98 Å². The summed E-state index contributed by atoms with van der Waals surface area (Å²) in [4.78, 5) is 7.68. The number of benzene rings is 1. The molecule has 0 saturated carbocycles. The van der Waals surface area contributed by atoms with Crippen molar-refractivity contribution in [3.05, 3.63) is 68.9 Å². The zero-order chi connectivity index (χ0) is 16.5. The number of aromatic nitrogens is 1. The van der Waals surface area contributed by atoms with E-state index in [9.17, 15) is 5.11 Å². The summed E-state index contributed by atoms with van der Waals surface area (Å²) < 4.78 is 0. The summed E-state index contributed by atoms with van der Waals surface area (Å²) in [5.41, 5.74) is 2.47. The summed E-state index contributed by atoms with van der Waals surface area (Å²) in [7, 11) is 0. The zero-order valence-corrected chi connectivity index (χ0v) is 14.4. The molecule has 2 N–H and O–H groups in total. The second-order valence-corrected chi connectivity index (χ2v) is 7.40. The van der Waals surface area contributed by atoms with Gasteiger partial charge in [-0.3, -0.25) is 5.41 Å². The normalized spacial score (nSPS) is 14.7. The Morgan fingerprint density at radius 2 is 1.96 bits per heavy atom. The van der Waals surface area contributed by atoms with E-state index < -0.39 is 0 Å². The molecule has 1 aromatic carbocycles. The minimum Gasteiger partial charge on any atom is -0.510 e. The second kappa shape index (κ2) is 6.22. The van der Waals surface area contributed by atoms with Crippen LogP contribution in [0.15, 0.2) is 59.0 Å². The summed E-state index contributed by atoms with van der Waals surface area (Å²) in [5, 5.41) is 23.5. The molecule has 0 bridgehead atoms. The van der Waals surface area contributed by atoms with E-state index in [0.29, 0.717) is 29.5 Å². The quantitative estimate of drug-likeness (QED) is 0.719. The van der Waals surface area contributed by atoms with Crippen molar-refractivity contribution in [1.82, 2.24) is 9.88 Å². The molecule has 0 amide bonds. The van der Waals surface area contributed by atoms with E-state index in [0.717, 1.165) is 11.3 Å². The standard InChI is InChI=1S/C18H15N3OS2/c19-17-16(15(22)10-21(17)9-13-7-4-8-23-13)18-20-14(11-24-18)12-5-2-1-3-6-12/h1-8,11,19,22H,9-10H2. The van der Waals surface area contributed by atoms with Crippen molar-refractivity contribution in [2.45, 2.75) is 6.54 Å². The number of hydrogen-bond acceptors (Lipinski definition) is 5. The summed E-state index contributed by atoms with van der Waals surface area (Å²) in [6.07, 6.45) is 0. The van der Waals surface area contributed by atoms with E-state index in [1.165, 1.54) is 16.2 Å². The third kappa shape index (κ3) is 2.74. The maximum Gasteiger partial charge on any atom is 0.135 e. The largest absolute Gasteiger partial charge is 0.510 e. The Kier molecular flexibility index (Phi) is 3.92. The summed E-state index contributed by atoms with van der Waals surface area (Å²) in [5.74, 6) is 0.570. The molecule has 4 nitrogen and oxygen atoms in total. The smallest absolute Gasteiger partial charge is 0.135 e. The Morgan fingerprint density at radius 1 is 1.12 bits per heavy atom. The lowest BCUT2D eigenvalue weighted by molar-refractivity contribution is 0.348. The number of aliphatic hydroxyl groups excluding tert-OH is 1. The highest BCUT2D eigenvalue weighted by molar-refractivity contribution is 7.11. The van der Waals surface area contributed by atoms with Crippen LogP contribution in [0.4, 0.5) is 0 Å². The molecule has 3 aromatic rings. The number of nitrogens with zero attached hydrogens (tertiary/aromatic N) is 2. The Labute approximate surface area is 147 Å². The topological polar surface area (TPSA) is 60.2 Å². The number of hydrogen-bond donors (Lipinski definition) is 2. The molecule has 0 aliphatic carbocycles.